The van der Waals surface area contributed by atoms with Gasteiger partial charge in [0.1, 0.15) is 16.4 Å². The Balaban J connectivity index is 1.54. The zero-order valence-corrected chi connectivity index (χ0v) is 18.5. The average molecular weight is 448 g/mol. The number of hydrogen-bond acceptors (Lipinski definition) is 5. The van der Waals surface area contributed by atoms with E-state index in [4.69, 9.17) is 0 Å². The van der Waals surface area contributed by atoms with Crippen molar-refractivity contribution in [2.24, 2.45) is 5.92 Å². The number of H-pyrrole nitrogens is 2. The van der Waals surface area contributed by atoms with Gasteiger partial charge in [0.15, 0.2) is 0 Å². The van der Waals surface area contributed by atoms with Crippen LogP contribution >= 0.6 is 11.8 Å². The first kappa shape index (κ1) is 21.0. The van der Waals surface area contributed by atoms with E-state index in [2.05, 4.69) is 20.3 Å². The molecule has 1 unspecified atom stereocenters. The van der Waals surface area contributed by atoms with Crippen molar-refractivity contribution in [3.8, 4) is 0 Å². The molecule has 8 nitrogen and oxygen atoms in total. The van der Waals surface area contributed by atoms with E-state index < -0.39 is 10.0 Å². The Morgan fingerprint density at radius 1 is 1.23 bits per heavy atom. The van der Waals surface area contributed by atoms with Gasteiger partial charge in [0, 0.05) is 30.8 Å². The Morgan fingerprint density at radius 3 is 2.67 bits per heavy atom. The van der Waals surface area contributed by atoms with Crippen LogP contribution in [-0.2, 0) is 10.0 Å². The molecule has 0 radical (unpaired) electrons. The van der Waals surface area contributed by atoms with Gasteiger partial charge in [0.25, 0.3) is 5.91 Å². The SMILES string of the molecule is CC(C)C(NC(=O)c1cc(S(=O)(=O)N2CCSCC2)c[nH]1)c1nc2ccccc2[nH]1. The number of nitrogens with one attached hydrogen (secondary N) is 3. The molecule has 3 heterocycles. The van der Waals surface area contributed by atoms with Crippen molar-refractivity contribution in [2.75, 3.05) is 24.6 Å². The van der Waals surface area contributed by atoms with Crippen molar-refractivity contribution >= 4 is 38.7 Å². The van der Waals surface area contributed by atoms with Crippen LogP contribution in [0.4, 0.5) is 0 Å². The van der Waals surface area contributed by atoms with Crippen LogP contribution in [0.15, 0.2) is 41.4 Å². The quantitative estimate of drug-likeness (QED) is 0.538. The molecular formula is C20H25N5O3S2. The zero-order chi connectivity index (χ0) is 21.3. The second kappa shape index (κ2) is 8.44. The molecule has 30 heavy (non-hydrogen) atoms. The number of aromatic amines is 2. The Hall–Kier alpha value is -2.30. The van der Waals surface area contributed by atoms with Gasteiger partial charge in [0.05, 0.1) is 17.1 Å². The minimum Gasteiger partial charge on any atom is -0.356 e. The van der Waals surface area contributed by atoms with Crippen molar-refractivity contribution in [1.82, 2.24) is 24.6 Å². The number of carbonyl (C=O) groups excluding carboxylic acids is 1. The van der Waals surface area contributed by atoms with Gasteiger partial charge in [-0.05, 0) is 24.1 Å². The first-order chi connectivity index (χ1) is 14.4. The fourth-order valence-corrected chi connectivity index (χ4v) is 6.05. The summed E-state index contributed by atoms with van der Waals surface area (Å²) in [5, 5.41) is 2.98. The predicted octanol–water partition coefficient (Wildman–Crippen LogP) is 2.76. The first-order valence-corrected chi connectivity index (χ1v) is 12.5. The molecular weight excluding hydrogens is 422 g/mol. The summed E-state index contributed by atoms with van der Waals surface area (Å²) < 4.78 is 27.1. The second-order valence-electron chi connectivity index (χ2n) is 7.60. The summed E-state index contributed by atoms with van der Waals surface area (Å²) >= 11 is 1.74. The van der Waals surface area contributed by atoms with Gasteiger partial charge < -0.3 is 15.3 Å². The van der Waals surface area contributed by atoms with Gasteiger partial charge in [-0.25, -0.2) is 13.4 Å². The van der Waals surface area contributed by atoms with Crippen LogP contribution in [0.25, 0.3) is 11.0 Å². The van der Waals surface area contributed by atoms with Crippen LogP contribution in [0.5, 0.6) is 0 Å². The number of amides is 1. The highest BCUT2D eigenvalue weighted by Gasteiger charge is 2.29. The minimum atomic E-state index is -3.60. The first-order valence-electron chi connectivity index (χ1n) is 9.88. The maximum absolute atomic E-state index is 12.9. The maximum atomic E-state index is 12.9. The third kappa shape index (κ3) is 4.12. The van der Waals surface area contributed by atoms with E-state index in [-0.39, 0.29) is 28.5 Å². The molecule has 1 atom stereocenters. The largest absolute Gasteiger partial charge is 0.356 e. The summed E-state index contributed by atoms with van der Waals surface area (Å²) in [4.78, 5) is 23.7. The lowest BCUT2D eigenvalue weighted by Gasteiger charge is -2.24. The molecule has 1 aliphatic rings. The van der Waals surface area contributed by atoms with Crippen molar-refractivity contribution in [1.29, 1.82) is 0 Å². The zero-order valence-electron chi connectivity index (χ0n) is 16.9. The number of thioether (sulfide) groups is 1. The Bertz CT molecular complexity index is 1110. The number of rotatable bonds is 6. The lowest BCUT2D eigenvalue weighted by atomic mass is 10.0. The predicted molar refractivity (Wildman–Crippen MR) is 118 cm³/mol. The van der Waals surface area contributed by atoms with E-state index >= 15 is 0 Å². The highest BCUT2D eigenvalue weighted by atomic mass is 32.2. The summed E-state index contributed by atoms with van der Waals surface area (Å²) in [6.07, 6.45) is 1.39. The Morgan fingerprint density at radius 2 is 1.97 bits per heavy atom. The number of fused-ring (bicyclic) bond motifs is 1. The van der Waals surface area contributed by atoms with Gasteiger partial charge in [-0.15, -0.1) is 0 Å². The molecule has 1 aliphatic heterocycles. The topological polar surface area (TPSA) is 111 Å². The molecule has 0 saturated carbocycles. The highest BCUT2D eigenvalue weighted by Crippen LogP contribution is 2.24. The summed E-state index contributed by atoms with van der Waals surface area (Å²) in [7, 11) is -3.60. The van der Waals surface area contributed by atoms with Crippen molar-refractivity contribution in [3.63, 3.8) is 0 Å². The van der Waals surface area contributed by atoms with Gasteiger partial charge in [-0.2, -0.15) is 16.1 Å². The number of sulfonamides is 1. The van der Waals surface area contributed by atoms with E-state index in [0.29, 0.717) is 18.9 Å². The monoisotopic (exact) mass is 447 g/mol. The van der Waals surface area contributed by atoms with Crippen LogP contribution in [-0.4, -0.2) is 58.2 Å². The highest BCUT2D eigenvalue weighted by molar-refractivity contribution is 7.99. The smallest absolute Gasteiger partial charge is 0.268 e. The number of nitrogens with zero attached hydrogens (tertiary/aromatic N) is 2. The normalized spacial score (nSPS) is 16.8. The van der Waals surface area contributed by atoms with Crippen molar-refractivity contribution in [3.05, 3.63) is 48.0 Å². The average Bonchev–Trinajstić information content (AvgIpc) is 3.40. The summed E-state index contributed by atoms with van der Waals surface area (Å²) in [5.41, 5.74) is 1.95. The van der Waals surface area contributed by atoms with Crippen LogP contribution in [0, 0.1) is 5.92 Å². The molecule has 0 aliphatic carbocycles. The van der Waals surface area contributed by atoms with Gasteiger partial charge in [-0.3, -0.25) is 4.79 Å². The standard InChI is InChI=1S/C20H25N5O3S2/c1-13(2)18(19-22-15-5-3-4-6-16(15)23-19)24-20(26)17-11-14(12-21-17)30(27,28)25-7-9-29-10-8-25/h3-6,11-13,18,21H,7-10H2,1-2H3,(H,22,23)(H,24,26). The fraction of sp³-hybridized carbons (Fsp3) is 0.400. The molecule has 1 saturated heterocycles. The molecule has 10 heteroatoms. The molecule has 3 aromatic rings. The van der Waals surface area contributed by atoms with Gasteiger partial charge >= 0.3 is 0 Å². The van der Waals surface area contributed by atoms with E-state index in [0.717, 1.165) is 22.5 Å². The van der Waals surface area contributed by atoms with Crippen LogP contribution in [0.2, 0.25) is 0 Å². The van der Waals surface area contributed by atoms with Gasteiger partial charge in [-0.1, -0.05) is 26.0 Å². The molecule has 2 aromatic heterocycles. The Labute approximate surface area is 179 Å². The van der Waals surface area contributed by atoms with Crippen LogP contribution in [0.1, 0.15) is 36.2 Å². The molecule has 0 spiro atoms. The molecule has 1 fully saturated rings. The van der Waals surface area contributed by atoms with Crippen molar-refractivity contribution < 1.29 is 13.2 Å². The van der Waals surface area contributed by atoms with Crippen molar-refractivity contribution in [2.45, 2.75) is 24.8 Å². The second-order valence-corrected chi connectivity index (χ2v) is 10.8. The molecule has 3 N–H and O–H groups in total. The molecule has 1 aromatic carbocycles. The van der Waals surface area contributed by atoms with E-state index in [1.807, 2.05) is 38.1 Å². The number of aromatic nitrogens is 3. The lowest BCUT2D eigenvalue weighted by Crippen LogP contribution is -2.37. The van der Waals surface area contributed by atoms with E-state index in [1.165, 1.54) is 16.6 Å². The van der Waals surface area contributed by atoms with Crippen LogP contribution < -0.4 is 5.32 Å². The molecule has 4 rings (SSSR count). The third-order valence-corrected chi connectivity index (χ3v) is 7.98. The molecule has 0 bridgehead atoms. The molecule has 160 valence electrons. The summed E-state index contributed by atoms with van der Waals surface area (Å²) in [6.45, 7) is 4.97. The van der Waals surface area contributed by atoms with Gasteiger partial charge in [0.2, 0.25) is 10.0 Å². The summed E-state index contributed by atoms with van der Waals surface area (Å²) in [5.74, 6) is 1.95. The van der Waals surface area contributed by atoms with E-state index in [1.54, 1.807) is 11.8 Å². The lowest BCUT2D eigenvalue weighted by molar-refractivity contribution is 0.0919. The Kier molecular flexibility index (Phi) is 5.90. The summed E-state index contributed by atoms with van der Waals surface area (Å²) in [6, 6.07) is 8.75. The maximum Gasteiger partial charge on any atom is 0.268 e. The number of carbonyl (C=O) groups is 1. The third-order valence-electron chi connectivity index (χ3n) is 5.16. The number of para-hydroxylation sites is 2. The van der Waals surface area contributed by atoms with Crippen LogP contribution in [0.3, 0.4) is 0 Å². The number of hydrogen-bond donors (Lipinski definition) is 3. The molecule has 1 amide bonds. The number of benzene rings is 1. The minimum absolute atomic E-state index is 0.0820. The number of imidazole rings is 1. The van der Waals surface area contributed by atoms with E-state index in [9.17, 15) is 13.2 Å². The fourth-order valence-electron chi connectivity index (χ4n) is 3.48.